The molecular weight excluding hydrogens is 412 g/mol. The van der Waals surface area contributed by atoms with E-state index in [1.54, 1.807) is 45.0 Å². The van der Waals surface area contributed by atoms with Crippen LogP contribution in [-0.2, 0) is 9.53 Å². The molecular formula is C20H25BrN2O4. The van der Waals surface area contributed by atoms with Gasteiger partial charge in [-0.1, -0.05) is 28.1 Å². The number of hydrogen-bond acceptors (Lipinski definition) is 4. The van der Waals surface area contributed by atoms with Crippen molar-refractivity contribution < 1.29 is 19.1 Å². The minimum atomic E-state index is -0.616. The number of nitrogens with zero attached hydrogens (tertiary/aromatic N) is 1. The molecule has 1 aromatic rings. The SMILES string of the molecule is CC(C)(C)OC(=O)N1CC2(CC2)CC1C(=O)NCC(=O)c1ccc(Br)cc1. The van der Waals surface area contributed by atoms with Crippen molar-refractivity contribution in [2.24, 2.45) is 5.41 Å². The molecule has 0 bridgehead atoms. The molecule has 27 heavy (non-hydrogen) atoms. The van der Waals surface area contributed by atoms with Crippen molar-refractivity contribution in [1.29, 1.82) is 0 Å². The smallest absolute Gasteiger partial charge is 0.410 e. The third-order valence-corrected chi connectivity index (χ3v) is 5.51. The fourth-order valence-electron chi connectivity index (χ4n) is 3.37. The van der Waals surface area contributed by atoms with E-state index in [0.29, 0.717) is 18.5 Å². The van der Waals surface area contributed by atoms with Crippen LogP contribution < -0.4 is 5.32 Å². The molecule has 2 fully saturated rings. The van der Waals surface area contributed by atoms with Crippen molar-refractivity contribution in [3.63, 3.8) is 0 Å². The Morgan fingerprint density at radius 1 is 1.22 bits per heavy atom. The maximum absolute atomic E-state index is 12.7. The van der Waals surface area contributed by atoms with Crippen LogP contribution in [0.1, 0.15) is 50.4 Å². The van der Waals surface area contributed by atoms with Gasteiger partial charge < -0.3 is 10.1 Å². The van der Waals surface area contributed by atoms with E-state index in [2.05, 4.69) is 21.2 Å². The topological polar surface area (TPSA) is 75.7 Å². The van der Waals surface area contributed by atoms with Crippen molar-refractivity contribution in [3.8, 4) is 0 Å². The van der Waals surface area contributed by atoms with Crippen LogP contribution in [0.3, 0.4) is 0 Å². The fourth-order valence-corrected chi connectivity index (χ4v) is 3.63. The van der Waals surface area contributed by atoms with E-state index in [9.17, 15) is 14.4 Å². The first-order valence-corrected chi connectivity index (χ1v) is 9.94. The number of nitrogens with one attached hydrogen (secondary N) is 1. The third kappa shape index (κ3) is 4.89. The van der Waals surface area contributed by atoms with Gasteiger partial charge in [-0.25, -0.2) is 4.79 Å². The van der Waals surface area contributed by atoms with Crippen molar-refractivity contribution in [2.75, 3.05) is 13.1 Å². The van der Waals surface area contributed by atoms with Gasteiger partial charge in [0.2, 0.25) is 5.91 Å². The normalized spacial score (nSPS) is 20.4. The van der Waals surface area contributed by atoms with Gasteiger partial charge in [0.25, 0.3) is 0 Å². The van der Waals surface area contributed by atoms with Gasteiger partial charge in [0.1, 0.15) is 11.6 Å². The van der Waals surface area contributed by atoms with Crippen LogP contribution >= 0.6 is 15.9 Å². The fraction of sp³-hybridized carbons (Fsp3) is 0.550. The summed E-state index contributed by atoms with van der Waals surface area (Å²) in [4.78, 5) is 39.1. The second-order valence-corrected chi connectivity index (χ2v) is 9.39. The molecule has 2 amide bonds. The second kappa shape index (κ2) is 7.26. The lowest BCUT2D eigenvalue weighted by Crippen LogP contribution is -2.48. The molecule has 3 rings (SSSR count). The highest BCUT2D eigenvalue weighted by atomic mass is 79.9. The van der Waals surface area contributed by atoms with E-state index in [4.69, 9.17) is 4.74 Å². The van der Waals surface area contributed by atoms with Crippen molar-refractivity contribution in [3.05, 3.63) is 34.3 Å². The molecule has 1 saturated carbocycles. The Morgan fingerprint density at radius 2 is 1.85 bits per heavy atom. The number of ether oxygens (including phenoxy) is 1. The number of rotatable bonds is 4. The van der Waals surface area contributed by atoms with E-state index in [1.807, 2.05) is 0 Å². The minimum absolute atomic E-state index is 0.0502. The highest BCUT2D eigenvalue weighted by molar-refractivity contribution is 9.10. The molecule has 146 valence electrons. The Hall–Kier alpha value is -1.89. The summed E-state index contributed by atoms with van der Waals surface area (Å²) in [6.07, 6.45) is 2.21. The first-order chi connectivity index (χ1) is 12.6. The Morgan fingerprint density at radius 3 is 2.41 bits per heavy atom. The molecule has 2 aliphatic rings. The lowest BCUT2D eigenvalue weighted by atomic mass is 10.0. The average Bonchev–Trinajstić information content (AvgIpc) is 3.21. The predicted molar refractivity (Wildman–Crippen MR) is 104 cm³/mol. The van der Waals surface area contributed by atoms with Crippen molar-refractivity contribution in [1.82, 2.24) is 10.2 Å². The van der Waals surface area contributed by atoms with Gasteiger partial charge in [-0.3, -0.25) is 14.5 Å². The first kappa shape index (κ1) is 19.9. The molecule has 1 heterocycles. The molecule has 1 spiro atoms. The Bertz CT molecular complexity index is 750. The molecule has 0 radical (unpaired) electrons. The summed E-state index contributed by atoms with van der Waals surface area (Å²) in [5, 5.41) is 2.70. The Labute approximate surface area is 167 Å². The molecule has 0 aromatic heterocycles. The zero-order chi connectivity index (χ0) is 19.8. The van der Waals surface area contributed by atoms with E-state index in [1.165, 1.54) is 4.90 Å². The standard InChI is InChI=1S/C20H25BrN2O4/c1-19(2,3)27-18(26)23-12-20(8-9-20)10-15(23)17(25)22-11-16(24)13-4-6-14(21)7-5-13/h4-7,15H,8-12H2,1-3H3,(H,22,25). The van der Waals surface area contributed by atoms with Crippen LogP contribution in [0.4, 0.5) is 4.79 Å². The van der Waals surface area contributed by atoms with E-state index < -0.39 is 17.7 Å². The van der Waals surface area contributed by atoms with E-state index in [-0.39, 0.29) is 23.7 Å². The third-order valence-electron chi connectivity index (χ3n) is 4.99. The van der Waals surface area contributed by atoms with Crippen LogP contribution in [0.2, 0.25) is 0 Å². The number of halogens is 1. The number of amides is 2. The van der Waals surface area contributed by atoms with E-state index >= 15 is 0 Å². The van der Waals surface area contributed by atoms with Crippen LogP contribution in [-0.4, -0.2) is 47.4 Å². The highest BCUT2D eigenvalue weighted by Crippen LogP contribution is 2.55. The summed E-state index contributed by atoms with van der Waals surface area (Å²) in [7, 11) is 0. The number of carbonyl (C=O) groups excluding carboxylic acids is 3. The summed E-state index contributed by atoms with van der Waals surface area (Å²) in [5.74, 6) is -0.464. The second-order valence-electron chi connectivity index (χ2n) is 8.48. The number of benzene rings is 1. The van der Waals surface area contributed by atoms with E-state index in [0.717, 1.165) is 17.3 Å². The van der Waals surface area contributed by atoms with Gasteiger partial charge >= 0.3 is 6.09 Å². The first-order valence-electron chi connectivity index (χ1n) is 9.15. The zero-order valence-corrected chi connectivity index (χ0v) is 17.5. The minimum Gasteiger partial charge on any atom is -0.444 e. The molecule has 1 atom stereocenters. The predicted octanol–water partition coefficient (Wildman–Crippen LogP) is 3.54. The Balaban J connectivity index is 1.62. The van der Waals surface area contributed by atoms with Gasteiger partial charge in [-0.2, -0.15) is 0 Å². The Kier molecular flexibility index (Phi) is 5.34. The molecule has 1 N–H and O–H groups in total. The molecule has 1 aromatic carbocycles. The maximum Gasteiger partial charge on any atom is 0.410 e. The highest BCUT2D eigenvalue weighted by Gasteiger charge is 2.55. The number of likely N-dealkylation sites (tertiary alicyclic amines) is 1. The molecule has 1 unspecified atom stereocenters. The largest absolute Gasteiger partial charge is 0.444 e. The van der Waals surface area contributed by atoms with Gasteiger partial charge in [-0.05, 0) is 57.6 Å². The lowest BCUT2D eigenvalue weighted by Gasteiger charge is -2.28. The van der Waals surface area contributed by atoms with Crippen LogP contribution in [0.15, 0.2) is 28.7 Å². The van der Waals surface area contributed by atoms with Gasteiger partial charge in [0, 0.05) is 16.6 Å². The summed E-state index contributed by atoms with van der Waals surface area (Å²) in [6.45, 7) is 5.87. The van der Waals surface area contributed by atoms with Gasteiger partial charge in [0.05, 0.1) is 6.54 Å². The number of ketones is 1. The summed E-state index contributed by atoms with van der Waals surface area (Å²) >= 11 is 3.33. The van der Waals surface area contributed by atoms with Crippen LogP contribution in [0.25, 0.3) is 0 Å². The lowest BCUT2D eigenvalue weighted by molar-refractivity contribution is -0.125. The van der Waals surface area contributed by atoms with Crippen LogP contribution in [0.5, 0.6) is 0 Å². The quantitative estimate of drug-likeness (QED) is 0.732. The number of hydrogen-bond donors (Lipinski definition) is 1. The molecule has 1 saturated heterocycles. The molecule has 7 heteroatoms. The zero-order valence-electron chi connectivity index (χ0n) is 15.9. The molecule has 1 aliphatic heterocycles. The van der Waals surface area contributed by atoms with Gasteiger partial charge in [-0.15, -0.1) is 0 Å². The monoisotopic (exact) mass is 436 g/mol. The van der Waals surface area contributed by atoms with Crippen molar-refractivity contribution in [2.45, 2.75) is 51.7 Å². The van der Waals surface area contributed by atoms with Crippen molar-refractivity contribution >= 4 is 33.7 Å². The van der Waals surface area contributed by atoms with Gasteiger partial charge in [0.15, 0.2) is 5.78 Å². The molecule has 6 nitrogen and oxygen atoms in total. The summed E-state index contributed by atoms with van der Waals surface area (Å²) < 4.78 is 6.35. The average molecular weight is 437 g/mol. The maximum atomic E-state index is 12.7. The molecule has 1 aliphatic carbocycles. The summed E-state index contributed by atoms with van der Waals surface area (Å²) in [6, 6.07) is 6.40. The van der Waals surface area contributed by atoms with Crippen LogP contribution in [0, 0.1) is 5.41 Å². The summed E-state index contributed by atoms with van der Waals surface area (Å²) in [5.41, 5.74) is -0.0311. The number of Topliss-reactive ketones (excluding diaryl/α,β-unsaturated/α-hetero) is 1. The number of carbonyl (C=O) groups is 3.